The van der Waals surface area contributed by atoms with Gasteiger partial charge in [-0.25, -0.2) is 0 Å². The van der Waals surface area contributed by atoms with Crippen molar-refractivity contribution in [1.29, 1.82) is 0 Å². The molecular formula is C21H13BrN2O4S2. The topological polar surface area (TPSA) is 82.8 Å². The summed E-state index contributed by atoms with van der Waals surface area (Å²) in [4.78, 5) is 25.4. The van der Waals surface area contributed by atoms with E-state index in [2.05, 4.69) is 21.4 Å². The second-order valence-electron chi connectivity index (χ2n) is 6.22. The molecule has 0 radical (unpaired) electrons. The number of nitrogens with zero attached hydrogens (tertiary/aromatic N) is 1. The maximum atomic E-state index is 12.7. The van der Waals surface area contributed by atoms with E-state index in [1.54, 1.807) is 12.1 Å². The number of thiocarbonyl (C=S) groups is 1. The minimum Gasteiger partial charge on any atom is -0.508 e. The molecule has 0 bridgehead atoms. The van der Waals surface area contributed by atoms with Crippen LogP contribution in [0.2, 0.25) is 0 Å². The molecule has 0 spiro atoms. The van der Waals surface area contributed by atoms with E-state index in [1.807, 2.05) is 30.3 Å². The first-order valence-electron chi connectivity index (χ1n) is 8.64. The van der Waals surface area contributed by atoms with Crippen molar-refractivity contribution in [3.05, 3.63) is 81.4 Å². The van der Waals surface area contributed by atoms with E-state index in [0.29, 0.717) is 16.4 Å². The van der Waals surface area contributed by atoms with E-state index < -0.39 is 11.8 Å². The van der Waals surface area contributed by atoms with Gasteiger partial charge in [0.15, 0.2) is 4.32 Å². The number of thioether (sulfide) groups is 1. The van der Waals surface area contributed by atoms with Crippen LogP contribution in [-0.4, -0.2) is 26.3 Å². The Kier molecular flexibility index (Phi) is 5.76. The molecule has 0 atom stereocenters. The molecule has 1 aliphatic rings. The monoisotopic (exact) mass is 500 g/mol. The van der Waals surface area contributed by atoms with Gasteiger partial charge in [0, 0.05) is 21.7 Å². The zero-order valence-corrected chi connectivity index (χ0v) is 18.4. The standard InChI is InChI=1S/C21H13BrN2O4S2/c22-14-6-4-12(5-7-14)17-9-8-16(28-17)11-18-20(27)24(21(29)30-18)23-19(26)13-2-1-3-15(25)10-13/h1-11,25H,(H,23,26). The van der Waals surface area contributed by atoms with Gasteiger partial charge in [0.1, 0.15) is 17.3 Å². The van der Waals surface area contributed by atoms with Crippen LogP contribution in [0.5, 0.6) is 5.75 Å². The highest BCUT2D eigenvalue weighted by molar-refractivity contribution is 9.10. The third-order valence-electron chi connectivity index (χ3n) is 4.14. The van der Waals surface area contributed by atoms with Crippen LogP contribution in [0.4, 0.5) is 0 Å². The van der Waals surface area contributed by atoms with Crippen LogP contribution in [0.1, 0.15) is 16.1 Å². The highest BCUT2D eigenvalue weighted by Crippen LogP contribution is 2.33. The molecule has 9 heteroatoms. The van der Waals surface area contributed by atoms with Crippen LogP contribution >= 0.6 is 39.9 Å². The van der Waals surface area contributed by atoms with Crippen LogP contribution in [0.25, 0.3) is 17.4 Å². The summed E-state index contributed by atoms with van der Waals surface area (Å²) in [5.74, 6) is 0.0977. The molecule has 0 saturated carbocycles. The lowest BCUT2D eigenvalue weighted by Crippen LogP contribution is -2.44. The van der Waals surface area contributed by atoms with Crippen molar-refractivity contribution >= 4 is 62.1 Å². The molecule has 4 rings (SSSR count). The molecule has 0 unspecified atom stereocenters. The number of aromatic hydroxyl groups is 1. The Morgan fingerprint density at radius 3 is 2.67 bits per heavy atom. The molecule has 2 heterocycles. The van der Waals surface area contributed by atoms with E-state index in [1.165, 1.54) is 24.3 Å². The van der Waals surface area contributed by atoms with Crippen LogP contribution in [0, 0.1) is 0 Å². The molecule has 1 saturated heterocycles. The highest BCUT2D eigenvalue weighted by Gasteiger charge is 2.34. The van der Waals surface area contributed by atoms with Crippen LogP contribution in [0.15, 0.2) is 74.5 Å². The zero-order chi connectivity index (χ0) is 21.3. The lowest BCUT2D eigenvalue weighted by atomic mass is 10.2. The predicted octanol–water partition coefficient (Wildman–Crippen LogP) is 4.96. The summed E-state index contributed by atoms with van der Waals surface area (Å²) in [6.45, 7) is 0. The Morgan fingerprint density at radius 1 is 1.17 bits per heavy atom. The first-order valence-corrected chi connectivity index (χ1v) is 10.7. The summed E-state index contributed by atoms with van der Waals surface area (Å²) in [7, 11) is 0. The van der Waals surface area contributed by atoms with E-state index in [0.717, 1.165) is 26.8 Å². The Labute approximate surface area is 189 Å². The van der Waals surface area contributed by atoms with Gasteiger partial charge in [-0.2, -0.15) is 5.01 Å². The van der Waals surface area contributed by atoms with Gasteiger partial charge in [0.25, 0.3) is 11.8 Å². The average Bonchev–Trinajstić information content (AvgIpc) is 3.29. The van der Waals surface area contributed by atoms with E-state index >= 15 is 0 Å². The number of carbonyl (C=O) groups excluding carboxylic acids is 2. The van der Waals surface area contributed by atoms with Crippen molar-refractivity contribution in [2.45, 2.75) is 0 Å². The summed E-state index contributed by atoms with van der Waals surface area (Å²) < 4.78 is 6.98. The van der Waals surface area contributed by atoms with Gasteiger partial charge in [0.2, 0.25) is 0 Å². The molecule has 150 valence electrons. The molecule has 2 aromatic carbocycles. The maximum Gasteiger partial charge on any atom is 0.285 e. The Balaban J connectivity index is 1.50. The summed E-state index contributed by atoms with van der Waals surface area (Å²) in [5.41, 5.74) is 3.58. The lowest BCUT2D eigenvalue weighted by Gasteiger charge is -2.15. The number of phenols is 1. The molecule has 6 nitrogen and oxygen atoms in total. The number of halogens is 1. The quantitative estimate of drug-likeness (QED) is 0.389. The molecule has 1 fully saturated rings. The minimum absolute atomic E-state index is 0.0488. The van der Waals surface area contributed by atoms with E-state index in [-0.39, 0.29) is 15.6 Å². The Bertz CT molecular complexity index is 1190. The SMILES string of the molecule is O=C(NN1C(=O)C(=Cc2ccc(-c3ccc(Br)cc3)o2)SC1=S)c1cccc(O)c1. The number of amides is 2. The van der Waals surface area contributed by atoms with Gasteiger partial charge >= 0.3 is 0 Å². The van der Waals surface area contributed by atoms with Crippen molar-refractivity contribution in [3.8, 4) is 17.1 Å². The van der Waals surface area contributed by atoms with E-state index in [9.17, 15) is 14.7 Å². The lowest BCUT2D eigenvalue weighted by molar-refractivity contribution is -0.123. The van der Waals surface area contributed by atoms with Crippen LogP contribution < -0.4 is 5.43 Å². The molecule has 1 aromatic heterocycles. The van der Waals surface area contributed by atoms with Gasteiger partial charge in [-0.05, 0) is 54.7 Å². The second-order valence-corrected chi connectivity index (χ2v) is 8.81. The number of rotatable bonds is 4. The fourth-order valence-electron chi connectivity index (χ4n) is 2.71. The zero-order valence-electron chi connectivity index (χ0n) is 15.2. The van der Waals surface area contributed by atoms with Crippen molar-refractivity contribution in [1.82, 2.24) is 10.4 Å². The molecule has 30 heavy (non-hydrogen) atoms. The van der Waals surface area contributed by atoms with Crippen LogP contribution in [-0.2, 0) is 4.79 Å². The van der Waals surface area contributed by atoms with Gasteiger partial charge < -0.3 is 9.52 Å². The average molecular weight is 501 g/mol. The smallest absolute Gasteiger partial charge is 0.285 e. The number of hydrogen-bond acceptors (Lipinski definition) is 6. The minimum atomic E-state index is -0.557. The number of furan rings is 1. The summed E-state index contributed by atoms with van der Waals surface area (Å²) in [5, 5.41) is 10.5. The number of hydrazine groups is 1. The number of phenolic OH excluding ortho intramolecular Hbond substituents is 1. The molecule has 2 N–H and O–H groups in total. The molecule has 3 aromatic rings. The van der Waals surface area contributed by atoms with Crippen LogP contribution in [0.3, 0.4) is 0 Å². The van der Waals surface area contributed by atoms with Crippen molar-refractivity contribution in [2.75, 3.05) is 0 Å². The molecular weight excluding hydrogens is 488 g/mol. The maximum absolute atomic E-state index is 12.7. The Hall–Kier alpha value is -2.88. The number of hydrogen-bond donors (Lipinski definition) is 2. The second kappa shape index (κ2) is 8.47. The number of nitrogens with one attached hydrogen (secondary N) is 1. The predicted molar refractivity (Wildman–Crippen MR) is 122 cm³/mol. The van der Waals surface area contributed by atoms with Gasteiger partial charge in [-0.1, -0.05) is 45.9 Å². The molecule has 2 amide bonds. The fraction of sp³-hybridized carbons (Fsp3) is 0. The normalized spacial score (nSPS) is 15.1. The largest absolute Gasteiger partial charge is 0.508 e. The summed E-state index contributed by atoms with van der Waals surface area (Å²) >= 11 is 9.68. The van der Waals surface area contributed by atoms with E-state index in [4.69, 9.17) is 16.6 Å². The highest BCUT2D eigenvalue weighted by atomic mass is 79.9. The summed E-state index contributed by atoms with van der Waals surface area (Å²) in [6, 6.07) is 17.1. The Morgan fingerprint density at radius 2 is 1.93 bits per heavy atom. The summed E-state index contributed by atoms with van der Waals surface area (Å²) in [6.07, 6.45) is 1.59. The van der Waals surface area contributed by atoms with Crippen molar-refractivity contribution in [3.63, 3.8) is 0 Å². The van der Waals surface area contributed by atoms with Gasteiger partial charge in [0.05, 0.1) is 4.91 Å². The fourth-order valence-corrected chi connectivity index (χ4v) is 4.13. The third-order valence-corrected chi connectivity index (χ3v) is 5.98. The van der Waals surface area contributed by atoms with Gasteiger partial charge in [-0.3, -0.25) is 15.0 Å². The van der Waals surface area contributed by atoms with Crippen molar-refractivity contribution < 1.29 is 19.1 Å². The first-order chi connectivity index (χ1) is 14.4. The van der Waals surface area contributed by atoms with Crippen molar-refractivity contribution in [2.24, 2.45) is 0 Å². The molecule has 0 aliphatic carbocycles. The molecule has 1 aliphatic heterocycles. The number of carbonyl (C=O) groups is 2. The van der Waals surface area contributed by atoms with Gasteiger partial charge in [-0.15, -0.1) is 0 Å². The first kappa shape index (κ1) is 20.4. The third kappa shape index (κ3) is 4.33. The number of benzene rings is 2.